The number of hydrogen-bond donors (Lipinski definition) is 3. The number of aliphatic hydroxyl groups is 1. The first-order valence-electron chi connectivity index (χ1n) is 12.7. The van der Waals surface area contributed by atoms with E-state index in [2.05, 4.69) is 42.5 Å². The summed E-state index contributed by atoms with van der Waals surface area (Å²) in [6, 6.07) is 7.85. The van der Waals surface area contributed by atoms with Crippen LogP contribution in [0.1, 0.15) is 69.7 Å². The van der Waals surface area contributed by atoms with Gasteiger partial charge >= 0.3 is 0 Å². The number of pyridine rings is 1. The number of benzene rings is 1. The predicted molar refractivity (Wildman–Crippen MR) is 134 cm³/mol. The van der Waals surface area contributed by atoms with Gasteiger partial charge in [0.1, 0.15) is 11.4 Å². The standard InChI is InChI=1S/C28H38FN3O3/c1-17(2)9-21-10-23-25(14-28(12-18(3)13-28)35-27(23)31-15-21)30-16-26(34)24(32-19(4)33)11-20-5-7-22(29)8-6-20/h5-8,10,15,17-18,24-26,30,34H,9,11-14,16H2,1-4H3,(H,32,33)/t18-,24-,25-,26+,28+/m0/s1. The second kappa shape index (κ2) is 10.6. The molecular formula is C28H38FN3O3. The van der Waals surface area contributed by atoms with Crippen molar-refractivity contribution in [3.63, 3.8) is 0 Å². The molecule has 1 aliphatic heterocycles. The molecule has 190 valence electrons. The highest BCUT2D eigenvalue weighted by Crippen LogP contribution is 2.50. The first-order valence-corrected chi connectivity index (χ1v) is 12.7. The van der Waals surface area contributed by atoms with E-state index in [4.69, 9.17) is 4.74 Å². The van der Waals surface area contributed by atoms with E-state index in [-0.39, 0.29) is 23.4 Å². The molecule has 2 aromatic rings. The molecule has 1 saturated carbocycles. The minimum Gasteiger partial charge on any atom is -0.471 e. The third kappa shape index (κ3) is 6.39. The molecule has 1 fully saturated rings. The van der Waals surface area contributed by atoms with Gasteiger partial charge in [-0.05, 0) is 66.8 Å². The van der Waals surface area contributed by atoms with Gasteiger partial charge in [0.15, 0.2) is 0 Å². The van der Waals surface area contributed by atoms with Gasteiger partial charge in [0.2, 0.25) is 11.8 Å². The highest BCUT2D eigenvalue weighted by Gasteiger charge is 2.49. The summed E-state index contributed by atoms with van der Waals surface area (Å²) in [7, 11) is 0. The third-order valence-electron chi connectivity index (χ3n) is 7.08. The zero-order valence-corrected chi connectivity index (χ0v) is 21.2. The topological polar surface area (TPSA) is 83.5 Å². The van der Waals surface area contributed by atoms with Gasteiger partial charge in [0, 0.05) is 37.7 Å². The van der Waals surface area contributed by atoms with E-state index in [9.17, 15) is 14.3 Å². The van der Waals surface area contributed by atoms with Gasteiger partial charge in [-0.15, -0.1) is 0 Å². The molecule has 3 N–H and O–H groups in total. The van der Waals surface area contributed by atoms with Crippen LogP contribution >= 0.6 is 0 Å². The zero-order valence-electron chi connectivity index (χ0n) is 21.2. The van der Waals surface area contributed by atoms with Gasteiger partial charge in [-0.1, -0.05) is 32.9 Å². The monoisotopic (exact) mass is 483 g/mol. The second-order valence-corrected chi connectivity index (χ2v) is 11.0. The minimum absolute atomic E-state index is 0.00399. The first kappa shape index (κ1) is 25.6. The number of ether oxygens (including phenoxy) is 1. The quantitative estimate of drug-likeness (QED) is 0.500. The molecule has 0 bridgehead atoms. The number of aromatic nitrogens is 1. The van der Waals surface area contributed by atoms with Crippen LogP contribution in [0.25, 0.3) is 0 Å². The van der Waals surface area contributed by atoms with Crippen LogP contribution in [0.3, 0.4) is 0 Å². The Balaban J connectivity index is 1.49. The Bertz CT molecular complexity index is 1020. The maximum Gasteiger partial charge on any atom is 0.218 e. The molecule has 2 aliphatic rings. The van der Waals surface area contributed by atoms with Crippen molar-refractivity contribution in [3.8, 4) is 5.88 Å². The first-order chi connectivity index (χ1) is 16.6. The number of carbonyl (C=O) groups excluding carboxylic acids is 1. The van der Waals surface area contributed by atoms with Crippen LogP contribution in [0.4, 0.5) is 4.39 Å². The van der Waals surface area contributed by atoms with Gasteiger partial charge < -0.3 is 20.5 Å². The number of hydrogen-bond acceptors (Lipinski definition) is 5. The molecule has 3 atom stereocenters. The third-order valence-corrected chi connectivity index (χ3v) is 7.08. The van der Waals surface area contributed by atoms with Gasteiger partial charge in [0.05, 0.1) is 12.1 Å². The number of amides is 1. The summed E-state index contributed by atoms with van der Waals surface area (Å²) in [5.74, 6) is 1.32. The molecule has 2 heterocycles. The molecular weight excluding hydrogens is 445 g/mol. The summed E-state index contributed by atoms with van der Waals surface area (Å²) >= 11 is 0. The average Bonchev–Trinajstić information content (AvgIpc) is 2.77. The summed E-state index contributed by atoms with van der Waals surface area (Å²) in [4.78, 5) is 16.5. The van der Waals surface area contributed by atoms with Crippen LogP contribution in [0.5, 0.6) is 5.88 Å². The Morgan fingerprint density at radius 1 is 1.20 bits per heavy atom. The Morgan fingerprint density at radius 2 is 1.91 bits per heavy atom. The number of nitrogens with one attached hydrogen (secondary N) is 2. The van der Waals surface area contributed by atoms with Crippen LogP contribution in [0.15, 0.2) is 36.5 Å². The molecule has 0 unspecified atom stereocenters. The molecule has 1 spiro atoms. The van der Waals surface area contributed by atoms with Crippen LogP contribution in [-0.4, -0.2) is 40.3 Å². The predicted octanol–water partition coefficient (Wildman–Crippen LogP) is 4.11. The largest absolute Gasteiger partial charge is 0.471 e. The Morgan fingerprint density at radius 3 is 2.54 bits per heavy atom. The summed E-state index contributed by atoms with van der Waals surface area (Å²) in [6.07, 6.45) is 5.28. The highest BCUT2D eigenvalue weighted by molar-refractivity contribution is 5.73. The normalized spacial score (nSPS) is 24.9. The zero-order chi connectivity index (χ0) is 25.2. The average molecular weight is 484 g/mol. The summed E-state index contributed by atoms with van der Waals surface area (Å²) in [5.41, 5.74) is 2.87. The van der Waals surface area contributed by atoms with E-state index in [0.717, 1.165) is 36.8 Å². The van der Waals surface area contributed by atoms with E-state index >= 15 is 0 Å². The molecule has 1 amide bonds. The number of nitrogens with zero attached hydrogens (tertiary/aromatic N) is 1. The van der Waals surface area contributed by atoms with Crippen molar-refractivity contribution in [1.82, 2.24) is 15.6 Å². The number of aliphatic hydroxyl groups excluding tert-OH is 1. The fourth-order valence-corrected chi connectivity index (χ4v) is 5.63. The smallest absolute Gasteiger partial charge is 0.218 e. The van der Waals surface area contributed by atoms with Gasteiger partial charge in [0.25, 0.3) is 0 Å². The van der Waals surface area contributed by atoms with E-state index in [1.165, 1.54) is 24.6 Å². The molecule has 0 saturated heterocycles. The molecule has 1 aromatic heterocycles. The van der Waals surface area contributed by atoms with Crippen molar-refractivity contribution < 1.29 is 19.0 Å². The van der Waals surface area contributed by atoms with Crippen LogP contribution in [0, 0.1) is 17.7 Å². The van der Waals surface area contributed by atoms with Gasteiger partial charge in [-0.2, -0.15) is 0 Å². The lowest BCUT2D eigenvalue weighted by molar-refractivity contribution is -0.120. The van der Waals surface area contributed by atoms with Crippen molar-refractivity contribution in [2.75, 3.05) is 6.54 Å². The Hall–Kier alpha value is -2.51. The van der Waals surface area contributed by atoms with Crippen LogP contribution in [0.2, 0.25) is 0 Å². The Kier molecular flexibility index (Phi) is 7.77. The Labute approximate surface area is 207 Å². The maximum atomic E-state index is 13.3. The molecule has 35 heavy (non-hydrogen) atoms. The van der Waals surface area contributed by atoms with E-state index < -0.39 is 12.1 Å². The molecule has 4 rings (SSSR count). The van der Waals surface area contributed by atoms with Crippen molar-refractivity contribution in [3.05, 3.63) is 59.0 Å². The number of rotatable bonds is 9. The number of carbonyl (C=O) groups is 1. The SMILES string of the molecule is CC(=O)N[C@@H](Cc1ccc(F)cc1)[C@H](O)CN[C@H]1C[C@]2(C[C@H](C)C2)Oc2ncc(CC(C)C)cc21. The van der Waals surface area contributed by atoms with Crippen LogP contribution in [-0.2, 0) is 17.6 Å². The molecule has 1 aromatic carbocycles. The van der Waals surface area contributed by atoms with Gasteiger partial charge in [-0.25, -0.2) is 9.37 Å². The van der Waals surface area contributed by atoms with Crippen molar-refractivity contribution in [2.24, 2.45) is 11.8 Å². The second-order valence-electron chi connectivity index (χ2n) is 11.0. The molecule has 1 aliphatic carbocycles. The molecule has 0 radical (unpaired) electrons. The fourth-order valence-electron chi connectivity index (χ4n) is 5.63. The van der Waals surface area contributed by atoms with E-state index in [0.29, 0.717) is 30.7 Å². The van der Waals surface area contributed by atoms with Crippen molar-refractivity contribution in [1.29, 1.82) is 0 Å². The summed E-state index contributed by atoms with van der Waals surface area (Å²) < 4.78 is 19.7. The lowest BCUT2D eigenvalue weighted by Gasteiger charge is -2.50. The maximum absolute atomic E-state index is 13.3. The van der Waals surface area contributed by atoms with Crippen molar-refractivity contribution >= 4 is 5.91 Å². The lowest BCUT2D eigenvalue weighted by atomic mass is 9.67. The van der Waals surface area contributed by atoms with Crippen molar-refractivity contribution in [2.45, 2.75) is 83.6 Å². The minimum atomic E-state index is -0.821. The van der Waals surface area contributed by atoms with E-state index in [1.807, 2.05) is 6.20 Å². The summed E-state index contributed by atoms with van der Waals surface area (Å²) in [6.45, 7) is 8.36. The summed E-state index contributed by atoms with van der Waals surface area (Å²) in [5, 5.41) is 17.5. The molecule has 6 nitrogen and oxygen atoms in total. The molecule has 7 heteroatoms. The van der Waals surface area contributed by atoms with Gasteiger partial charge in [-0.3, -0.25) is 4.79 Å². The van der Waals surface area contributed by atoms with E-state index in [1.54, 1.807) is 12.1 Å². The number of fused-ring (bicyclic) bond motifs is 1. The fraction of sp³-hybridized carbons (Fsp3) is 0.571. The lowest BCUT2D eigenvalue weighted by Crippen LogP contribution is -2.54. The number of halogens is 1. The van der Waals surface area contributed by atoms with Crippen LogP contribution < -0.4 is 15.4 Å². The highest BCUT2D eigenvalue weighted by atomic mass is 19.1.